The summed E-state index contributed by atoms with van der Waals surface area (Å²) in [5, 5.41) is 10.00. The Balaban J connectivity index is 3.22. The average Bonchev–Trinajstić information content (AvgIpc) is 2.13. The molecule has 2 nitrogen and oxygen atoms in total. The van der Waals surface area contributed by atoms with Crippen LogP contribution in [0.15, 0.2) is 16.6 Å². The SMILES string of the molecule is Cc1cc(Br)cc(C(CN)C(C)C)c1O. The number of nitrogens with two attached hydrogens (primary N) is 1. The third-order valence-corrected chi connectivity index (χ3v) is 3.21. The molecule has 15 heavy (non-hydrogen) atoms. The molecule has 1 rings (SSSR count). The molecule has 1 aromatic rings. The Kier molecular flexibility index (Phi) is 4.17. The molecule has 0 spiro atoms. The van der Waals surface area contributed by atoms with E-state index in [1.165, 1.54) is 0 Å². The first-order chi connectivity index (χ1) is 6.97. The minimum absolute atomic E-state index is 0.209. The standard InChI is InChI=1S/C12H18BrNO/c1-7(2)11(6-14)10-5-9(13)4-8(3)12(10)15/h4-5,7,11,15H,6,14H2,1-3H3. The zero-order valence-corrected chi connectivity index (χ0v) is 11.0. The van der Waals surface area contributed by atoms with Crippen LogP contribution >= 0.6 is 15.9 Å². The van der Waals surface area contributed by atoms with Crippen molar-refractivity contribution in [3.63, 3.8) is 0 Å². The van der Waals surface area contributed by atoms with E-state index in [0.29, 0.717) is 18.2 Å². The first-order valence-corrected chi connectivity index (χ1v) is 5.95. The molecular formula is C12H18BrNO. The molecule has 0 aliphatic carbocycles. The van der Waals surface area contributed by atoms with Gasteiger partial charge in [0.05, 0.1) is 0 Å². The number of hydrogen-bond donors (Lipinski definition) is 2. The van der Waals surface area contributed by atoms with Crippen LogP contribution in [0.25, 0.3) is 0 Å². The van der Waals surface area contributed by atoms with Crippen LogP contribution in [0.5, 0.6) is 5.75 Å². The van der Waals surface area contributed by atoms with Crippen molar-refractivity contribution in [3.05, 3.63) is 27.7 Å². The van der Waals surface area contributed by atoms with Crippen LogP contribution < -0.4 is 5.73 Å². The Morgan fingerprint density at radius 2 is 2.00 bits per heavy atom. The molecule has 3 N–H and O–H groups in total. The third-order valence-electron chi connectivity index (χ3n) is 2.75. The summed E-state index contributed by atoms with van der Waals surface area (Å²) in [5.41, 5.74) is 7.58. The fraction of sp³-hybridized carbons (Fsp3) is 0.500. The number of benzene rings is 1. The van der Waals surface area contributed by atoms with Gasteiger partial charge in [-0.2, -0.15) is 0 Å². The smallest absolute Gasteiger partial charge is 0.122 e. The molecule has 1 unspecified atom stereocenters. The minimum atomic E-state index is 0.209. The largest absolute Gasteiger partial charge is 0.507 e. The van der Waals surface area contributed by atoms with Crippen molar-refractivity contribution >= 4 is 15.9 Å². The molecule has 0 aromatic heterocycles. The Bertz CT molecular complexity index is 350. The van der Waals surface area contributed by atoms with Gasteiger partial charge in [-0.15, -0.1) is 0 Å². The fourth-order valence-corrected chi connectivity index (χ4v) is 2.39. The normalized spacial score (nSPS) is 13.2. The topological polar surface area (TPSA) is 46.2 Å². The van der Waals surface area contributed by atoms with Crippen LogP contribution in [0, 0.1) is 12.8 Å². The molecule has 0 aliphatic rings. The minimum Gasteiger partial charge on any atom is -0.507 e. The van der Waals surface area contributed by atoms with E-state index < -0.39 is 0 Å². The summed E-state index contributed by atoms with van der Waals surface area (Å²) in [5.74, 6) is 1.01. The predicted molar refractivity (Wildman–Crippen MR) is 67.2 cm³/mol. The lowest BCUT2D eigenvalue weighted by molar-refractivity contribution is 0.434. The number of phenolic OH excluding ortho intramolecular Hbond substituents is 1. The molecule has 0 bridgehead atoms. The molecular weight excluding hydrogens is 254 g/mol. The molecule has 1 aromatic carbocycles. The highest BCUT2D eigenvalue weighted by atomic mass is 79.9. The first kappa shape index (κ1) is 12.5. The Hall–Kier alpha value is -0.540. The summed E-state index contributed by atoms with van der Waals surface area (Å²) in [6.45, 7) is 6.69. The van der Waals surface area contributed by atoms with E-state index in [1.807, 2.05) is 19.1 Å². The van der Waals surface area contributed by atoms with Gasteiger partial charge in [-0.1, -0.05) is 29.8 Å². The number of phenols is 1. The Morgan fingerprint density at radius 3 is 2.47 bits per heavy atom. The number of rotatable bonds is 3. The van der Waals surface area contributed by atoms with E-state index in [4.69, 9.17) is 5.73 Å². The van der Waals surface area contributed by atoms with E-state index in [2.05, 4.69) is 29.8 Å². The number of halogens is 1. The summed E-state index contributed by atoms with van der Waals surface area (Å²) in [6, 6.07) is 3.87. The van der Waals surface area contributed by atoms with Gasteiger partial charge in [0.15, 0.2) is 0 Å². The molecule has 0 aliphatic heterocycles. The van der Waals surface area contributed by atoms with Crippen molar-refractivity contribution in [3.8, 4) is 5.75 Å². The molecule has 0 amide bonds. The van der Waals surface area contributed by atoms with Crippen molar-refractivity contribution in [1.82, 2.24) is 0 Å². The predicted octanol–water partition coefficient (Wildman–Crippen LogP) is 3.16. The first-order valence-electron chi connectivity index (χ1n) is 5.16. The van der Waals surface area contributed by atoms with Crippen molar-refractivity contribution < 1.29 is 5.11 Å². The Labute approximate surface area is 99.6 Å². The zero-order valence-electron chi connectivity index (χ0n) is 9.42. The monoisotopic (exact) mass is 271 g/mol. The molecule has 0 fully saturated rings. The molecule has 0 heterocycles. The van der Waals surface area contributed by atoms with Gasteiger partial charge in [-0.3, -0.25) is 0 Å². The molecule has 0 saturated heterocycles. The van der Waals surface area contributed by atoms with Gasteiger partial charge >= 0.3 is 0 Å². The van der Waals surface area contributed by atoms with E-state index in [0.717, 1.165) is 15.6 Å². The van der Waals surface area contributed by atoms with Crippen molar-refractivity contribution in [2.75, 3.05) is 6.54 Å². The maximum atomic E-state index is 10.00. The van der Waals surface area contributed by atoms with Crippen LogP contribution in [0.3, 0.4) is 0 Å². The quantitative estimate of drug-likeness (QED) is 0.887. The lowest BCUT2D eigenvalue weighted by Crippen LogP contribution is -2.18. The number of aromatic hydroxyl groups is 1. The maximum Gasteiger partial charge on any atom is 0.122 e. The van der Waals surface area contributed by atoms with Crippen LogP contribution in [0.4, 0.5) is 0 Å². The van der Waals surface area contributed by atoms with Gasteiger partial charge in [0.2, 0.25) is 0 Å². The van der Waals surface area contributed by atoms with Crippen LogP contribution in [0.1, 0.15) is 30.9 Å². The molecule has 3 heteroatoms. The average molecular weight is 272 g/mol. The Morgan fingerprint density at radius 1 is 1.40 bits per heavy atom. The van der Waals surface area contributed by atoms with Gasteiger partial charge in [0, 0.05) is 10.4 Å². The number of aryl methyl sites for hydroxylation is 1. The van der Waals surface area contributed by atoms with Crippen molar-refractivity contribution in [1.29, 1.82) is 0 Å². The lowest BCUT2D eigenvalue weighted by atomic mass is 9.87. The highest BCUT2D eigenvalue weighted by Gasteiger charge is 2.19. The van der Waals surface area contributed by atoms with E-state index in [1.54, 1.807) is 0 Å². The van der Waals surface area contributed by atoms with Crippen LogP contribution in [0.2, 0.25) is 0 Å². The fourth-order valence-electron chi connectivity index (χ4n) is 1.80. The summed E-state index contributed by atoms with van der Waals surface area (Å²) >= 11 is 3.44. The lowest BCUT2D eigenvalue weighted by Gasteiger charge is -2.21. The zero-order chi connectivity index (χ0) is 11.6. The van der Waals surface area contributed by atoms with Gasteiger partial charge in [0.1, 0.15) is 5.75 Å². The highest BCUT2D eigenvalue weighted by molar-refractivity contribution is 9.10. The van der Waals surface area contributed by atoms with E-state index >= 15 is 0 Å². The van der Waals surface area contributed by atoms with Gasteiger partial charge in [-0.05, 0) is 42.6 Å². The molecule has 0 radical (unpaired) electrons. The number of hydrogen-bond acceptors (Lipinski definition) is 2. The second kappa shape index (κ2) is 4.99. The third kappa shape index (κ3) is 2.73. The summed E-state index contributed by atoms with van der Waals surface area (Å²) in [4.78, 5) is 0. The highest BCUT2D eigenvalue weighted by Crippen LogP contribution is 2.35. The summed E-state index contributed by atoms with van der Waals surface area (Å²) in [6.07, 6.45) is 0. The second-order valence-electron chi connectivity index (χ2n) is 4.25. The summed E-state index contributed by atoms with van der Waals surface area (Å²) < 4.78 is 0.993. The molecule has 1 atom stereocenters. The van der Waals surface area contributed by atoms with Crippen LogP contribution in [-0.4, -0.2) is 11.7 Å². The second-order valence-corrected chi connectivity index (χ2v) is 5.16. The van der Waals surface area contributed by atoms with E-state index in [-0.39, 0.29) is 5.92 Å². The summed E-state index contributed by atoms with van der Waals surface area (Å²) in [7, 11) is 0. The molecule has 0 saturated carbocycles. The van der Waals surface area contributed by atoms with Crippen molar-refractivity contribution in [2.45, 2.75) is 26.7 Å². The van der Waals surface area contributed by atoms with E-state index in [9.17, 15) is 5.11 Å². The molecule has 84 valence electrons. The van der Waals surface area contributed by atoms with Crippen molar-refractivity contribution in [2.24, 2.45) is 11.7 Å². The van der Waals surface area contributed by atoms with Crippen LogP contribution in [-0.2, 0) is 0 Å². The van der Waals surface area contributed by atoms with Gasteiger partial charge in [-0.25, -0.2) is 0 Å². The van der Waals surface area contributed by atoms with Gasteiger partial charge < -0.3 is 10.8 Å². The van der Waals surface area contributed by atoms with Gasteiger partial charge in [0.25, 0.3) is 0 Å². The maximum absolute atomic E-state index is 10.00.